The van der Waals surface area contributed by atoms with E-state index < -0.39 is 17.7 Å². The van der Waals surface area contributed by atoms with E-state index in [4.69, 9.17) is 0 Å². The first-order valence-electron chi connectivity index (χ1n) is 9.89. The van der Waals surface area contributed by atoms with E-state index >= 15 is 0 Å². The Bertz CT molecular complexity index is 915. The molecular weight excluding hydrogens is 364 g/mol. The molecule has 0 spiro atoms. The average molecular weight is 392 g/mol. The lowest BCUT2D eigenvalue weighted by Gasteiger charge is -2.27. The molecular formula is C24H28N2O3. The van der Waals surface area contributed by atoms with Crippen LogP contribution in [0, 0.1) is 0 Å². The highest BCUT2D eigenvalue weighted by atomic mass is 16.3. The van der Waals surface area contributed by atoms with E-state index in [0.29, 0.717) is 24.6 Å². The second-order valence-electron chi connectivity index (χ2n) is 7.98. The highest BCUT2D eigenvalue weighted by molar-refractivity contribution is 6.46. The molecule has 5 nitrogen and oxygen atoms in total. The van der Waals surface area contributed by atoms with Crippen LogP contribution in [-0.4, -0.2) is 53.8 Å². The zero-order valence-electron chi connectivity index (χ0n) is 17.4. The summed E-state index contributed by atoms with van der Waals surface area (Å²) in [7, 11) is 3.85. The van der Waals surface area contributed by atoms with Gasteiger partial charge < -0.3 is 14.9 Å². The van der Waals surface area contributed by atoms with Crippen LogP contribution in [0.1, 0.15) is 42.5 Å². The SMILES string of the molecule is CC(C)c1ccc([C@@H]2/C(=C(\O)c3ccccc3)C(=O)C(=O)N2CCN(C)C)cc1. The number of hydrogen-bond donors (Lipinski definition) is 1. The van der Waals surface area contributed by atoms with E-state index in [2.05, 4.69) is 13.8 Å². The molecule has 1 atom stereocenters. The summed E-state index contributed by atoms with van der Waals surface area (Å²) in [6.45, 7) is 5.26. The number of rotatable bonds is 6. The Morgan fingerprint density at radius 1 is 1.03 bits per heavy atom. The lowest BCUT2D eigenvalue weighted by molar-refractivity contribution is -0.140. The van der Waals surface area contributed by atoms with Crippen LogP contribution in [-0.2, 0) is 9.59 Å². The lowest BCUT2D eigenvalue weighted by Crippen LogP contribution is -2.35. The Hall–Kier alpha value is -2.92. The van der Waals surface area contributed by atoms with Crippen LogP contribution in [0.2, 0.25) is 0 Å². The Labute approximate surface area is 172 Å². The number of carbonyl (C=O) groups excluding carboxylic acids is 2. The Morgan fingerprint density at radius 3 is 2.21 bits per heavy atom. The topological polar surface area (TPSA) is 60.9 Å². The third-order valence-corrected chi connectivity index (χ3v) is 5.29. The van der Waals surface area contributed by atoms with Crippen molar-refractivity contribution in [3.63, 3.8) is 0 Å². The van der Waals surface area contributed by atoms with Crippen LogP contribution in [0.15, 0.2) is 60.2 Å². The van der Waals surface area contributed by atoms with Crippen LogP contribution < -0.4 is 0 Å². The summed E-state index contributed by atoms with van der Waals surface area (Å²) in [5.74, 6) is -0.951. The number of Topliss-reactive ketones (excluding diaryl/α,β-unsaturated/α-hetero) is 1. The molecule has 0 radical (unpaired) electrons. The van der Waals surface area contributed by atoms with Crippen LogP contribution in [0.25, 0.3) is 5.76 Å². The summed E-state index contributed by atoms with van der Waals surface area (Å²) in [4.78, 5) is 29.3. The van der Waals surface area contributed by atoms with Crippen molar-refractivity contribution < 1.29 is 14.7 Å². The zero-order valence-corrected chi connectivity index (χ0v) is 17.4. The second kappa shape index (κ2) is 8.62. The van der Waals surface area contributed by atoms with Crippen molar-refractivity contribution in [2.45, 2.75) is 25.8 Å². The normalized spacial score (nSPS) is 18.8. The smallest absolute Gasteiger partial charge is 0.295 e. The van der Waals surface area contributed by atoms with Crippen molar-refractivity contribution in [2.75, 3.05) is 27.2 Å². The van der Waals surface area contributed by atoms with Crippen LogP contribution in [0.5, 0.6) is 0 Å². The van der Waals surface area contributed by atoms with E-state index in [1.54, 1.807) is 29.2 Å². The van der Waals surface area contributed by atoms with Gasteiger partial charge in [-0.1, -0.05) is 68.4 Å². The maximum absolute atomic E-state index is 12.9. The van der Waals surface area contributed by atoms with E-state index in [1.807, 2.05) is 49.3 Å². The summed E-state index contributed by atoms with van der Waals surface area (Å²) >= 11 is 0. The summed E-state index contributed by atoms with van der Waals surface area (Å²) < 4.78 is 0. The predicted octanol–water partition coefficient (Wildman–Crippen LogP) is 3.79. The molecule has 0 aromatic heterocycles. The van der Waals surface area contributed by atoms with Gasteiger partial charge in [-0.2, -0.15) is 0 Å². The number of likely N-dealkylation sites (tertiary alicyclic amines) is 1. The van der Waals surface area contributed by atoms with Crippen molar-refractivity contribution >= 4 is 17.4 Å². The fraction of sp³-hybridized carbons (Fsp3) is 0.333. The number of hydrogen-bond acceptors (Lipinski definition) is 4. The Kier molecular flexibility index (Phi) is 6.18. The van der Waals surface area contributed by atoms with Gasteiger partial charge in [-0.3, -0.25) is 9.59 Å². The number of likely N-dealkylation sites (N-methyl/N-ethyl adjacent to an activating group) is 1. The number of aliphatic hydroxyl groups excluding tert-OH is 1. The third kappa shape index (κ3) is 4.25. The number of aliphatic hydroxyl groups is 1. The molecule has 1 saturated heterocycles. The zero-order chi connectivity index (χ0) is 21.1. The minimum absolute atomic E-state index is 0.130. The van der Waals surface area contributed by atoms with Gasteiger partial charge in [0.2, 0.25) is 0 Å². The first kappa shape index (κ1) is 20.8. The number of carbonyl (C=O) groups is 2. The molecule has 3 rings (SSSR count). The molecule has 0 bridgehead atoms. The Morgan fingerprint density at radius 2 is 1.66 bits per heavy atom. The van der Waals surface area contributed by atoms with E-state index in [-0.39, 0.29) is 11.3 Å². The molecule has 1 aliphatic heterocycles. The van der Waals surface area contributed by atoms with Gasteiger partial charge in [-0.15, -0.1) is 0 Å². The van der Waals surface area contributed by atoms with Gasteiger partial charge in [0.1, 0.15) is 5.76 Å². The maximum Gasteiger partial charge on any atom is 0.295 e. The quantitative estimate of drug-likeness (QED) is 0.462. The van der Waals surface area contributed by atoms with Gasteiger partial charge in [0.25, 0.3) is 11.7 Å². The van der Waals surface area contributed by atoms with E-state index in [1.165, 1.54) is 5.56 Å². The standard InChI is InChI=1S/C24H28N2O3/c1-16(2)17-10-12-18(13-11-17)21-20(22(27)19-8-6-5-7-9-19)23(28)24(29)26(21)15-14-25(3)4/h5-13,16,21,27H,14-15H2,1-4H3/b22-20+/t21-/m1/s1. The molecule has 1 fully saturated rings. The molecule has 0 saturated carbocycles. The molecule has 5 heteroatoms. The highest BCUT2D eigenvalue weighted by Gasteiger charge is 2.45. The van der Waals surface area contributed by atoms with Crippen molar-refractivity contribution in [3.05, 3.63) is 76.9 Å². The minimum atomic E-state index is -0.636. The van der Waals surface area contributed by atoms with Crippen molar-refractivity contribution in [1.82, 2.24) is 9.80 Å². The van der Waals surface area contributed by atoms with Gasteiger partial charge >= 0.3 is 0 Å². The van der Waals surface area contributed by atoms with Crippen LogP contribution in [0.3, 0.4) is 0 Å². The number of ketones is 1. The number of amides is 1. The van der Waals surface area contributed by atoms with Crippen molar-refractivity contribution in [2.24, 2.45) is 0 Å². The molecule has 152 valence electrons. The maximum atomic E-state index is 12.9. The third-order valence-electron chi connectivity index (χ3n) is 5.29. The van der Waals surface area contributed by atoms with Crippen LogP contribution in [0.4, 0.5) is 0 Å². The van der Waals surface area contributed by atoms with Gasteiger partial charge in [-0.05, 0) is 31.1 Å². The fourth-order valence-corrected chi connectivity index (χ4v) is 3.58. The van der Waals surface area contributed by atoms with Gasteiger partial charge in [0.05, 0.1) is 11.6 Å². The van der Waals surface area contributed by atoms with Gasteiger partial charge in [-0.25, -0.2) is 0 Å². The highest BCUT2D eigenvalue weighted by Crippen LogP contribution is 2.39. The molecule has 0 unspecified atom stereocenters. The van der Waals surface area contributed by atoms with Crippen molar-refractivity contribution in [1.29, 1.82) is 0 Å². The first-order valence-corrected chi connectivity index (χ1v) is 9.89. The molecule has 29 heavy (non-hydrogen) atoms. The molecule has 0 aliphatic carbocycles. The van der Waals surface area contributed by atoms with E-state index in [9.17, 15) is 14.7 Å². The molecule has 2 aromatic rings. The molecule has 1 amide bonds. The number of benzene rings is 2. The second-order valence-corrected chi connectivity index (χ2v) is 7.98. The fourth-order valence-electron chi connectivity index (χ4n) is 3.58. The summed E-state index contributed by atoms with van der Waals surface area (Å²) in [6.07, 6.45) is 0. The molecule has 1 heterocycles. The molecule has 2 aromatic carbocycles. The first-order chi connectivity index (χ1) is 13.8. The van der Waals surface area contributed by atoms with Crippen LogP contribution >= 0.6 is 0 Å². The predicted molar refractivity (Wildman–Crippen MR) is 115 cm³/mol. The summed E-state index contributed by atoms with van der Waals surface area (Å²) in [5.41, 5.74) is 2.69. The summed E-state index contributed by atoms with van der Waals surface area (Å²) in [5, 5.41) is 10.9. The average Bonchev–Trinajstić information content (AvgIpc) is 2.97. The lowest BCUT2D eigenvalue weighted by atomic mass is 9.93. The molecule has 1 N–H and O–H groups in total. The van der Waals surface area contributed by atoms with E-state index in [0.717, 1.165) is 5.56 Å². The van der Waals surface area contributed by atoms with Gasteiger partial charge in [0, 0.05) is 18.7 Å². The summed E-state index contributed by atoms with van der Waals surface area (Å²) in [6, 6.07) is 16.3. The largest absolute Gasteiger partial charge is 0.507 e. The molecule has 1 aliphatic rings. The van der Waals surface area contributed by atoms with Crippen molar-refractivity contribution in [3.8, 4) is 0 Å². The Balaban J connectivity index is 2.11. The monoisotopic (exact) mass is 392 g/mol. The minimum Gasteiger partial charge on any atom is -0.507 e. The number of nitrogens with zero attached hydrogens (tertiary/aromatic N) is 2. The van der Waals surface area contributed by atoms with Gasteiger partial charge in [0.15, 0.2) is 0 Å².